The molecule has 140 valence electrons. The van der Waals surface area contributed by atoms with Crippen LogP contribution in [0.1, 0.15) is 56.3 Å². The Kier molecular flexibility index (Phi) is 6.16. The van der Waals surface area contributed by atoms with E-state index in [0.29, 0.717) is 30.9 Å². The Morgan fingerprint density at radius 1 is 1.32 bits per heavy atom. The van der Waals surface area contributed by atoms with Crippen LogP contribution in [-0.4, -0.2) is 59.4 Å². The summed E-state index contributed by atoms with van der Waals surface area (Å²) < 4.78 is 16.9. The Bertz CT molecular complexity index is 606. The van der Waals surface area contributed by atoms with Gasteiger partial charge in [-0.1, -0.05) is 5.16 Å². The Labute approximate surface area is 164 Å². The average Bonchev–Trinajstić information content (AvgIpc) is 3.13. The summed E-state index contributed by atoms with van der Waals surface area (Å²) in [5, 5.41) is 4.06. The van der Waals surface area contributed by atoms with Crippen molar-refractivity contribution in [2.75, 3.05) is 26.2 Å². The van der Waals surface area contributed by atoms with E-state index in [9.17, 15) is 0 Å². The van der Waals surface area contributed by atoms with Crippen LogP contribution < -0.4 is 5.73 Å². The summed E-state index contributed by atoms with van der Waals surface area (Å²) in [6.07, 6.45) is 4.31. The second kappa shape index (κ2) is 8.17. The lowest BCUT2D eigenvalue weighted by Gasteiger charge is -2.31. The van der Waals surface area contributed by atoms with Crippen LogP contribution in [0, 0.1) is 0 Å². The largest absolute Gasteiger partial charge is 0.375 e. The zero-order valence-electron chi connectivity index (χ0n) is 14.5. The van der Waals surface area contributed by atoms with E-state index in [1.807, 2.05) is 6.92 Å². The molecule has 1 aliphatic carbocycles. The fourth-order valence-electron chi connectivity index (χ4n) is 3.23. The third-order valence-electron chi connectivity index (χ3n) is 4.80. The number of rotatable bonds is 4. The maximum Gasteiger partial charge on any atom is 0.255 e. The first-order valence-corrected chi connectivity index (χ1v) is 8.84. The molecule has 1 aromatic heterocycles. The molecule has 3 heterocycles. The first-order valence-electron chi connectivity index (χ1n) is 8.84. The number of hydrogen-bond acceptors (Lipinski definition) is 6. The Balaban J connectivity index is 0.00000182. The van der Waals surface area contributed by atoms with Crippen molar-refractivity contribution in [2.24, 2.45) is 10.7 Å². The zero-order valence-corrected chi connectivity index (χ0v) is 16.8. The predicted octanol–water partition coefficient (Wildman–Crippen LogP) is 1.82. The second-order valence-electron chi connectivity index (χ2n) is 6.92. The molecule has 0 spiro atoms. The summed E-state index contributed by atoms with van der Waals surface area (Å²) in [6.45, 7) is 4.89. The molecule has 1 unspecified atom stereocenters. The first-order chi connectivity index (χ1) is 11.7. The van der Waals surface area contributed by atoms with Crippen molar-refractivity contribution in [1.29, 1.82) is 0 Å². The monoisotopic (exact) mass is 463 g/mol. The van der Waals surface area contributed by atoms with Gasteiger partial charge in [0.25, 0.3) is 5.89 Å². The van der Waals surface area contributed by atoms with Gasteiger partial charge >= 0.3 is 0 Å². The van der Waals surface area contributed by atoms with E-state index in [1.54, 1.807) is 0 Å². The van der Waals surface area contributed by atoms with Gasteiger partial charge in [0.15, 0.2) is 11.8 Å². The maximum atomic E-state index is 6.10. The molecule has 9 heteroatoms. The summed E-state index contributed by atoms with van der Waals surface area (Å²) in [6, 6.07) is 0. The molecule has 0 radical (unpaired) electrons. The molecule has 2 N–H and O–H groups in total. The fraction of sp³-hybridized carbons (Fsp3) is 0.812. The summed E-state index contributed by atoms with van der Waals surface area (Å²) >= 11 is 0. The predicted molar refractivity (Wildman–Crippen MR) is 102 cm³/mol. The molecule has 3 atom stereocenters. The van der Waals surface area contributed by atoms with Crippen LogP contribution in [0.4, 0.5) is 0 Å². The summed E-state index contributed by atoms with van der Waals surface area (Å²) in [5.74, 6) is 2.52. The molecule has 8 nitrogen and oxygen atoms in total. The molecule has 0 amide bonds. The Hall–Kier alpha value is -0.940. The normalized spacial score (nSPS) is 30.4. The van der Waals surface area contributed by atoms with Crippen molar-refractivity contribution in [3.8, 4) is 0 Å². The summed E-state index contributed by atoms with van der Waals surface area (Å²) in [4.78, 5) is 11.1. The Morgan fingerprint density at radius 2 is 2.16 bits per heavy atom. The fourth-order valence-corrected chi connectivity index (χ4v) is 3.23. The van der Waals surface area contributed by atoms with Crippen molar-refractivity contribution < 1.29 is 14.0 Å². The summed E-state index contributed by atoms with van der Waals surface area (Å²) in [7, 11) is 0. The van der Waals surface area contributed by atoms with E-state index < -0.39 is 0 Å². The minimum absolute atomic E-state index is 0. The number of aliphatic imine (C=N–C) groups is 1. The van der Waals surface area contributed by atoms with E-state index in [0.717, 1.165) is 31.8 Å². The SMILES string of the molecule is CC1CN(C(N)=NC[C@H]2CC[C@@H](c3nc(C4CC4)no3)O2)CCO1.I. The number of halogens is 1. The molecule has 0 bridgehead atoms. The van der Waals surface area contributed by atoms with Gasteiger partial charge in [0.1, 0.15) is 6.10 Å². The van der Waals surface area contributed by atoms with Crippen LogP contribution in [0.2, 0.25) is 0 Å². The molecule has 1 saturated carbocycles. The first kappa shape index (κ1) is 18.8. The minimum Gasteiger partial charge on any atom is -0.375 e. The number of morpholine rings is 1. The van der Waals surface area contributed by atoms with Gasteiger partial charge in [-0.05, 0) is 32.6 Å². The van der Waals surface area contributed by atoms with Gasteiger partial charge in [-0.25, -0.2) is 0 Å². The molecule has 2 saturated heterocycles. The molecule has 3 aliphatic rings. The molecular weight excluding hydrogens is 437 g/mol. The van der Waals surface area contributed by atoms with Crippen LogP contribution in [0.3, 0.4) is 0 Å². The molecule has 25 heavy (non-hydrogen) atoms. The van der Waals surface area contributed by atoms with Crippen LogP contribution >= 0.6 is 24.0 Å². The van der Waals surface area contributed by atoms with Gasteiger partial charge < -0.3 is 24.6 Å². The van der Waals surface area contributed by atoms with Gasteiger partial charge in [0.05, 0.1) is 25.4 Å². The highest BCUT2D eigenvalue weighted by Gasteiger charge is 2.34. The molecule has 2 aliphatic heterocycles. The molecule has 0 aromatic carbocycles. The average molecular weight is 463 g/mol. The second-order valence-corrected chi connectivity index (χ2v) is 6.92. The van der Waals surface area contributed by atoms with E-state index in [1.165, 1.54) is 12.8 Å². The van der Waals surface area contributed by atoms with Crippen LogP contribution in [-0.2, 0) is 9.47 Å². The van der Waals surface area contributed by atoms with Crippen LogP contribution in [0.15, 0.2) is 9.52 Å². The topological polar surface area (TPSA) is 99.0 Å². The quantitative estimate of drug-likeness (QED) is 0.413. The Morgan fingerprint density at radius 3 is 2.92 bits per heavy atom. The maximum absolute atomic E-state index is 6.10. The van der Waals surface area contributed by atoms with Gasteiger partial charge in [0.2, 0.25) is 0 Å². The number of ether oxygens (including phenoxy) is 2. The van der Waals surface area contributed by atoms with E-state index >= 15 is 0 Å². The van der Waals surface area contributed by atoms with Gasteiger partial charge in [-0.3, -0.25) is 4.99 Å². The van der Waals surface area contributed by atoms with Gasteiger partial charge in [0, 0.05) is 19.0 Å². The van der Waals surface area contributed by atoms with Crippen molar-refractivity contribution in [1.82, 2.24) is 15.0 Å². The van der Waals surface area contributed by atoms with Crippen molar-refractivity contribution in [3.05, 3.63) is 11.7 Å². The number of nitrogens with two attached hydrogens (primary N) is 1. The van der Waals surface area contributed by atoms with Crippen LogP contribution in [0.5, 0.6) is 0 Å². The molecule has 1 aromatic rings. The lowest BCUT2D eigenvalue weighted by atomic mass is 10.2. The highest BCUT2D eigenvalue weighted by molar-refractivity contribution is 14.0. The smallest absolute Gasteiger partial charge is 0.255 e. The number of guanidine groups is 1. The highest BCUT2D eigenvalue weighted by atomic mass is 127. The standard InChI is InChI=1S/C16H25N5O3.HI/c1-10-9-21(6-7-22-10)16(17)18-8-12-4-5-13(23-12)15-19-14(20-24-15)11-2-3-11;/h10-13H,2-9H2,1H3,(H2,17,18);1H/t10?,12-,13+;/m1./s1. The van der Waals surface area contributed by atoms with Gasteiger partial charge in [-0.15, -0.1) is 24.0 Å². The third-order valence-corrected chi connectivity index (χ3v) is 4.80. The zero-order chi connectivity index (χ0) is 16.5. The highest BCUT2D eigenvalue weighted by Crippen LogP contribution is 2.39. The number of aromatic nitrogens is 2. The van der Waals surface area contributed by atoms with Crippen molar-refractivity contribution in [2.45, 2.75) is 56.8 Å². The summed E-state index contributed by atoms with van der Waals surface area (Å²) in [5.41, 5.74) is 6.10. The lowest BCUT2D eigenvalue weighted by molar-refractivity contribution is 0.00491. The van der Waals surface area contributed by atoms with E-state index in [4.69, 9.17) is 19.7 Å². The third kappa shape index (κ3) is 4.62. The van der Waals surface area contributed by atoms with Crippen LogP contribution in [0.25, 0.3) is 0 Å². The minimum atomic E-state index is -0.102. The number of nitrogens with zero attached hydrogens (tertiary/aromatic N) is 4. The lowest BCUT2D eigenvalue weighted by Crippen LogP contribution is -2.48. The van der Waals surface area contributed by atoms with E-state index in [-0.39, 0.29) is 42.3 Å². The molecule has 3 fully saturated rings. The molecular formula is C16H26IN5O3. The van der Waals surface area contributed by atoms with Crippen molar-refractivity contribution >= 4 is 29.9 Å². The molecule has 4 rings (SSSR count). The van der Waals surface area contributed by atoms with Crippen molar-refractivity contribution in [3.63, 3.8) is 0 Å². The van der Waals surface area contributed by atoms with E-state index in [2.05, 4.69) is 20.0 Å². The number of hydrogen-bond donors (Lipinski definition) is 1. The van der Waals surface area contributed by atoms with Gasteiger partial charge in [-0.2, -0.15) is 4.98 Å².